The number of hydrogen-bond donors (Lipinski definition) is 2. The van der Waals surface area contributed by atoms with Crippen LogP contribution in [0.1, 0.15) is 21.5 Å². The molecule has 0 aliphatic heterocycles. The van der Waals surface area contributed by atoms with Crippen LogP contribution in [0.4, 0.5) is 5.69 Å². The monoisotopic (exact) mass is 256 g/mol. The Labute approximate surface area is 112 Å². The van der Waals surface area contributed by atoms with Crippen LogP contribution in [0.3, 0.4) is 0 Å². The molecule has 1 amide bonds. The summed E-state index contributed by atoms with van der Waals surface area (Å²) >= 11 is 0. The topological polar surface area (TPSA) is 78.3 Å². The lowest BCUT2D eigenvalue weighted by Crippen LogP contribution is -2.12. The second-order valence-electron chi connectivity index (χ2n) is 4.33. The van der Waals surface area contributed by atoms with Crippen molar-refractivity contribution in [3.63, 3.8) is 0 Å². The molecule has 4 N–H and O–H groups in total. The number of para-hydroxylation sites is 1. The maximum Gasteiger partial charge on any atom is 0.248 e. The molecule has 4 heteroatoms. The average molecular weight is 256 g/mol. The van der Waals surface area contributed by atoms with Gasteiger partial charge in [0.1, 0.15) is 12.4 Å². The summed E-state index contributed by atoms with van der Waals surface area (Å²) in [5, 5.41) is 0. The molecule has 0 saturated carbocycles. The molecule has 0 aliphatic carbocycles. The zero-order valence-electron chi connectivity index (χ0n) is 10.7. The van der Waals surface area contributed by atoms with Crippen LogP contribution in [0.5, 0.6) is 5.75 Å². The van der Waals surface area contributed by atoms with E-state index < -0.39 is 5.91 Å². The van der Waals surface area contributed by atoms with Crippen molar-refractivity contribution in [3.05, 3.63) is 59.2 Å². The number of anilines is 1. The van der Waals surface area contributed by atoms with E-state index in [2.05, 4.69) is 0 Å². The minimum Gasteiger partial charge on any atom is -0.489 e. The molecule has 0 unspecified atom stereocenters. The number of carbonyl (C=O) groups excluding carboxylic acids is 1. The molecule has 4 nitrogen and oxygen atoms in total. The third kappa shape index (κ3) is 3.04. The van der Waals surface area contributed by atoms with Gasteiger partial charge >= 0.3 is 0 Å². The molecule has 0 aromatic heterocycles. The lowest BCUT2D eigenvalue weighted by Gasteiger charge is -2.11. The molecule has 0 fully saturated rings. The van der Waals surface area contributed by atoms with Gasteiger partial charge in [0.05, 0.1) is 0 Å². The van der Waals surface area contributed by atoms with Crippen molar-refractivity contribution in [1.82, 2.24) is 0 Å². The summed E-state index contributed by atoms with van der Waals surface area (Å²) in [6.45, 7) is 2.34. The second kappa shape index (κ2) is 5.44. The molecule has 2 aromatic rings. The smallest absolute Gasteiger partial charge is 0.248 e. The SMILES string of the molecule is Cc1ccccc1OCc1ccc(C(N)=O)cc1N. The number of benzene rings is 2. The first-order chi connectivity index (χ1) is 9.08. The van der Waals surface area contributed by atoms with Gasteiger partial charge in [-0.25, -0.2) is 0 Å². The van der Waals surface area contributed by atoms with Gasteiger partial charge in [0.2, 0.25) is 5.91 Å². The van der Waals surface area contributed by atoms with Gasteiger partial charge in [-0.1, -0.05) is 24.3 Å². The fourth-order valence-electron chi connectivity index (χ4n) is 1.75. The van der Waals surface area contributed by atoms with Gasteiger partial charge in [-0.3, -0.25) is 4.79 Å². The van der Waals surface area contributed by atoms with Gasteiger partial charge in [0.25, 0.3) is 0 Å². The lowest BCUT2D eigenvalue weighted by molar-refractivity contribution is 0.100. The highest BCUT2D eigenvalue weighted by atomic mass is 16.5. The van der Waals surface area contributed by atoms with Crippen LogP contribution in [0.25, 0.3) is 0 Å². The van der Waals surface area contributed by atoms with E-state index in [1.807, 2.05) is 31.2 Å². The van der Waals surface area contributed by atoms with Crippen LogP contribution >= 0.6 is 0 Å². The van der Waals surface area contributed by atoms with Crippen molar-refractivity contribution in [2.24, 2.45) is 5.73 Å². The fraction of sp³-hybridized carbons (Fsp3) is 0.133. The fourth-order valence-corrected chi connectivity index (χ4v) is 1.75. The van der Waals surface area contributed by atoms with E-state index in [1.165, 1.54) is 0 Å². The summed E-state index contributed by atoms with van der Waals surface area (Å²) in [5.41, 5.74) is 13.9. The molecular weight excluding hydrogens is 240 g/mol. The first kappa shape index (κ1) is 13.0. The largest absolute Gasteiger partial charge is 0.489 e. The summed E-state index contributed by atoms with van der Waals surface area (Å²) < 4.78 is 5.71. The Balaban J connectivity index is 2.12. The summed E-state index contributed by atoms with van der Waals surface area (Å²) in [7, 11) is 0. The van der Waals surface area contributed by atoms with Gasteiger partial charge in [0.15, 0.2) is 0 Å². The molecule has 98 valence electrons. The number of amides is 1. The molecule has 0 spiro atoms. The molecule has 0 bridgehead atoms. The number of nitrogens with two attached hydrogens (primary N) is 2. The van der Waals surface area contributed by atoms with E-state index in [9.17, 15) is 4.79 Å². The highest BCUT2D eigenvalue weighted by molar-refractivity contribution is 5.93. The number of primary amides is 1. The van der Waals surface area contributed by atoms with Gasteiger partial charge in [-0.15, -0.1) is 0 Å². The number of aryl methyl sites for hydroxylation is 1. The normalized spacial score (nSPS) is 10.2. The molecule has 0 heterocycles. The van der Waals surface area contributed by atoms with Crippen molar-refractivity contribution < 1.29 is 9.53 Å². The predicted octanol–water partition coefficient (Wildman–Crippen LogP) is 2.26. The van der Waals surface area contributed by atoms with Gasteiger partial charge in [-0.2, -0.15) is 0 Å². The summed E-state index contributed by atoms with van der Waals surface area (Å²) in [6.07, 6.45) is 0. The van der Waals surface area contributed by atoms with E-state index >= 15 is 0 Å². The predicted molar refractivity (Wildman–Crippen MR) is 74.9 cm³/mol. The maximum atomic E-state index is 11.0. The van der Waals surface area contributed by atoms with Gasteiger partial charge in [-0.05, 0) is 30.7 Å². The van der Waals surface area contributed by atoms with E-state index in [0.717, 1.165) is 16.9 Å². The lowest BCUT2D eigenvalue weighted by atomic mass is 10.1. The van der Waals surface area contributed by atoms with Crippen molar-refractivity contribution >= 4 is 11.6 Å². The Hall–Kier alpha value is -2.49. The molecule has 2 rings (SSSR count). The number of carbonyl (C=O) groups is 1. The second-order valence-corrected chi connectivity index (χ2v) is 4.33. The minimum absolute atomic E-state index is 0.357. The van der Waals surface area contributed by atoms with Crippen molar-refractivity contribution in [2.75, 3.05) is 5.73 Å². The van der Waals surface area contributed by atoms with Crippen molar-refractivity contribution in [2.45, 2.75) is 13.5 Å². The van der Waals surface area contributed by atoms with E-state index in [4.69, 9.17) is 16.2 Å². The van der Waals surface area contributed by atoms with Crippen LogP contribution in [0, 0.1) is 6.92 Å². The average Bonchev–Trinajstić information content (AvgIpc) is 2.39. The standard InChI is InChI=1S/C15H16N2O2/c1-10-4-2-3-5-14(10)19-9-12-7-6-11(15(17)18)8-13(12)16/h2-8H,9,16H2,1H3,(H2,17,18). The van der Waals surface area contributed by atoms with Crippen LogP contribution in [0.15, 0.2) is 42.5 Å². The maximum absolute atomic E-state index is 11.0. The van der Waals surface area contributed by atoms with Crippen LogP contribution in [0.2, 0.25) is 0 Å². The third-order valence-electron chi connectivity index (χ3n) is 2.91. The Morgan fingerprint density at radius 2 is 1.95 bits per heavy atom. The summed E-state index contributed by atoms with van der Waals surface area (Å²) in [6, 6.07) is 12.7. The van der Waals surface area contributed by atoms with E-state index in [1.54, 1.807) is 18.2 Å². The first-order valence-electron chi connectivity index (χ1n) is 5.94. The zero-order chi connectivity index (χ0) is 13.8. The Morgan fingerprint density at radius 3 is 2.58 bits per heavy atom. The molecule has 0 atom stereocenters. The van der Waals surface area contributed by atoms with E-state index in [0.29, 0.717) is 17.9 Å². The van der Waals surface area contributed by atoms with Crippen LogP contribution in [-0.4, -0.2) is 5.91 Å². The summed E-state index contributed by atoms with van der Waals surface area (Å²) in [5.74, 6) is 0.332. The highest BCUT2D eigenvalue weighted by Crippen LogP contribution is 2.20. The Morgan fingerprint density at radius 1 is 1.21 bits per heavy atom. The zero-order valence-corrected chi connectivity index (χ0v) is 10.7. The number of hydrogen-bond acceptors (Lipinski definition) is 3. The van der Waals surface area contributed by atoms with E-state index in [-0.39, 0.29) is 0 Å². The van der Waals surface area contributed by atoms with Gasteiger partial charge < -0.3 is 16.2 Å². The highest BCUT2D eigenvalue weighted by Gasteiger charge is 2.06. The van der Waals surface area contributed by atoms with Crippen LogP contribution in [-0.2, 0) is 6.61 Å². The molecule has 0 aliphatic rings. The number of rotatable bonds is 4. The number of nitrogen functional groups attached to an aromatic ring is 1. The Kier molecular flexibility index (Phi) is 3.71. The first-order valence-corrected chi connectivity index (χ1v) is 5.94. The molecule has 0 radical (unpaired) electrons. The number of ether oxygens (including phenoxy) is 1. The Bertz CT molecular complexity index is 609. The van der Waals surface area contributed by atoms with Crippen molar-refractivity contribution in [1.29, 1.82) is 0 Å². The minimum atomic E-state index is -0.488. The molecule has 0 saturated heterocycles. The quantitative estimate of drug-likeness (QED) is 0.823. The third-order valence-corrected chi connectivity index (χ3v) is 2.91. The van der Waals surface area contributed by atoms with Crippen LogP contribution < -0.4 is 16.2 Å². The van der Waals surface area contributed by atoms with Crippen molar-refractivity contribution in [3.8, 4) is 5.75 Å². The van der Waals surface area contributed by atoms with Gasteiger partial charge in [0, 0.05) is 16.8 Å². The molecule has 2 aromatic carbocycles. The molecular formula is C15H16N2O2. The molecule has 19 heavy (non-hydrogen) atoms. The summed E-state index contributed by atoms with van der Waals surface area (Å²) in [4.78, 5) is 11.0.